The molecule has 29 heavy (non-hydrogen) atoms. The van der Waals surface area contributed by atoms with Crippen molar-refractivity contribution < 1.29 is 24.0 Å². The molecule has 1 N–H and O–H groups in total. The van der Waals surface area contributed by atoms with E-state index in [1.807, 2.05) is 42.2 Å². The Kier molecular flexibility index (Phi) is 6.19. The van der Waals surface area contributed by atoms with E-state index in [2.05, 4.69) is 0 Å². The Balaban J connectivity index is 1.43. The number of carbonyl (C=O) groups excluding carboxylic acids is 2. The summed E-state index contributed by atoms with van der Waals surface area (Å²) < 4.78 is 11.0. The van der Waals surface area contributed by atoms with E-state index in [1.165, 1.54) is 25.9 Å². The van der Waals surface area contributed by atoms with Crippen LogP contribution in [-0.2, 0) is 14.3 Å². The maximum atomic E-state index is 13.3. The number of likely N-dealkylation sites (tertiary alicyclic amines) is 1. The number of para-hydroxylation sites is 1. The van der Waals surface area contributed by atoms with Crippen LogP contribution in [0.15, 0.2) is 29.8 Å². The van der Waals surface area contributed by atoms with Crippen LogP contribution in [0.3, 0.4) is 0 Å². The van der Waals surface area contributed by atoms with E-state index in [-0.39, 0.29) is 23.7 Å². The molecule has 4 rings (SSSR count). The Hall–Kier alpha value is -2.34. The number of hydrogen-bond donors (Lipinski definition) is 1. The second-order valence-electron chi connectivity index (χ2n) is 8.31. The molecule has 1 aliphatic carbocycles. The summed E-state index contributed by atoms with van der Waals surface area (Å²) in [6, 6.07) is 7.79. The zero-order valence-corrected chi connectivity index (χ0v) is 17.2. The van der Waals surface area contributed by atoms with Gasteiger partial charge in [-0.25, -0.2) is 0 Å². The summed E-state index contributed by atoms with van der Waals surface area (Å²) in [6.45, 7) is 7.23. The van der Waals surface area contributed by atoms with Crippen LogP contribution >= 0.6 is 0 Å². The first-order chi connectivity index (χ1) is 14.2. The van der Waals surface area contributed by atoms with E-state index in [0.29, 0.717) is 25.3 Å². The average molecular weight is 400 g/mol. The van der Waals surface area contributed by atoms with Gasteiger partial charge in [0.2, 0.25) is 0 Å². The molecule has 1 saturated heterocycles. The van der Waals surface area contributed by atoms with Gasteiger partial charge >= 0.3 is 5.97 Å². The molecular formula is C23H31N2O4+. The molecule has 2 aliphatic heterocycles. The normalized spacial score (nSPS) is 23.0. The van der Waals surface area contributed by atoms with E-state index in [9.17, 15) is 9.59 Å². The van der Waals surface area contributed by atoms with Gasteiger partial charge in [-0.3, -0.25) is 9.59 Å². The van der Waals surface area contributed by atoms with Gasteiger partial charge in [0, 0.05) is 24.9 Å². The number of nitrogens with zero attached hydrogens (tertiary/aromatic N) is 1. The third-order valence-electron chi connectivity index (χ3n) is 6.21. The van der Waals surface area contributed by atoms with E-state index >= 15 is 0 Å². The quantitative estimate of drug-likeness (QED) is 0.667. The summed E-state index contributed by atoms with van der Waals surface area (Å²) in [5.41, 5.74) is 1.64. The molecule has 0 radical (unpaired) electrons. The van der Waals surface area contributed by atoms with Gasteiger partial charge in [-0.2, -0.15) is 0 Å². The minimum atomic E-state index is -0.121. The highest BCUT2D eigenvalue weighted by Gasteiger charge is 2.45. The van der Waals surface area contributed by atoms with E-state index < -0.39 is 0 Å². The number of carbonyl (C=O) groups is 2. The Morgan fingerprint density at radius 3 is 2.83 bits per heavy atom. The average Bonchev–Trinajstić information content (AvgIpc) is 3.32. The SMILES string of the molecule is CCOC(=O)[C@H]1C[C@@H]1CN(CC[NH+]1CCCC1)C(=O)C1=Cc2ccccc2OC1. The number of quaternary nitrogens is 1. The van der Waals surface area contributed by atoms with Crippen LogP contribution in [0.5, 0.6) is 5.75 Å². The van der Waals surface area contributed by atoms with Crippen molar-refractivity contribution in [2.75, 3.05) is 45.9 Å². The number of ether oxygens (including phenoxy) is 2. The van der Waals surface area contributed by atoms with Gasteiger partial charge in [0.15, 0.2) is 0 Å². The number of nitrogens with one attached hydrogen (secondary N) is 1. The van der Waals surface area contributed by atoms with Gasteiger partial charge in [0.25, 0.3) is 5.91 Å². The monoisotopic (exact) mass is 399 g/mol. The van der Waals surface area contributed by atoms with Gasteiger partial charge < -0.3 is 19.3 Å². The standard InChI is InChI=1S/C23H30N2O4/c1-2-28-23(27)20-14-18(20)15-25(12-11-24-9-5-6-10-24)22(26)19-13-17-7-3-4-8-21(17)29-16-19/h3-4,7-8,13,18,20H,2,5-6,9-12,14-16H2,1H3/p+1/t18-,20+/m1/s1. The molecule has 1 saturated carbocycles. The maximum absolute atomic E-state index is 13.3. The number of hydrogen-bond acceptors (Lipinski definition) is 4. The molecule has 2 atom stereocenters. The van der Waals surface area contributed by atoms with Crippen LogP contribution in [-0.4, -0.2) is 62.7 Å². The molecule has 6 nitrogen and oxygen atoms in total. The summed E-state index contributed by atoms with van der Waals surface area (Å²) in [4.78, 5) is 28.9. The zero-order chi connectivity index (χ0) is 20.2. The Labute approximate surface area is 172 Å². The highest BCUT2D eigenvalue weighted by molar-refractivity contribution is 5.99. The molecule has 0 bridgehead atoms. The highest BCUT2D eigenvalue weighted by Crippen LogP contribution is 2.40. The van der Waals surface area contributed by atoms with Crippen molar-refractivity contribution in [3.63, 3.8) is 0 Å². The molecule has 2 fully saturated rings. The molecule has 1 amide bonds. The molecule has 0 spiro atoms. The third kappa shape index (κ3) is 4.81. The van der Waals surface area contributed by atoms with Crippen LogP contribution in [0.1, 0.15) is 31.7 Å². The molecule has 3 aliphatic rings. The third-order valence-corrected chi connectivity index (χ3v) is 6.21. The summed E-state index contributed by atoms with van der Waals surface area (Å²) in [5.74, 6) is 0.893. The Morgan fingerprint density at radius 1 is 1.24 bits per heavy atom. The fraction of sp³-hybridized carbons (Fsp3) is 0.565. The number of benzene rings is 1. The molecule has 0 aromatic heterocycles. The van der Waals surface area contributed by atoms with E-state index in [1.54, 1.807) is 4.90 Å². The lowest BCUT2D eigenvalue weighted by molar-refractivity contribution is -0.886. The van der Waals surface area contributed by atoms with Crippen LogP contribution in [0.25, 0.3) is 6.08 Å². The lowest BCUT2D eigenvalue weighted by atomic mass is 10.1. The van der Waals surface area contributed by atoms with Crippen molar-refractivity contribution in [3.05, 3.63) is 35.4 Å². The molecule has 156 valence electrons. The fourth-order valence-corrected chi connectivity index (χ4v) is 4.41. The largest absolute Gasteiger partial charge is 0.488 e. The van der Waals surface area contributed by atoms with Gasteiger partial charge in [0.1, 0.15) is 12.4 Å². The second-order valence-corrected chi connectivity index (χ2v) is 8.31. The minimum absolute atomic E-state index is 0.0348. The zero-order valence-electron chi connectivity index (χ0n) is 17.2. The summed E-state index contributed by atoms with van der Waals surface area (Å²) in [6.07, 6.45) is 5.31. The molecular weight excluding hydrogens is 368 g/mol. The van der Waals surface area contributed by atoms with E-state index in [4.69, 9.17) is 9.47 Å². The van der Waals surface area contributed by atoms with E-state index in [0.717, 1.165) is 30.8 Å². The lowest BCUT2D eigenvalue weighted by Gasteiger charge is -2.27. The predicted octanol–water partition coefficient (Wildman–Crippen LogP) is 1.17. The van der Waals surface area contributed by atoms with Crippen molar-refractivity contribution in [2.45, 2.75) is 26.2 Å². The lowest BCUT2D eigenvalue weighted by Crippen LogP contribution is -3.10. The number of esters is 1. The highest BCUT2D eigenvalue weighted by atomic mass is 16.5. The predicted molar refractivity (Wildman–Crippen MR) is 110 cm³/mol. The minimum Gasteiger partial charge on any atom is -0.488 e. The Bertz CT molecular complexity index is 785. The summed E-state index contributed by atoms with van der Waals surface area (Å²) in [7, 11) is 0. The Morgan fingerprint density at radius 2 is 2.03 bits per heavy atom. The van der Waals surface area contributed by atoms with Crippen LogP contribution in [0.2, 0.25) is 0 Å². The van der Waals surface area contributed by atoms with Crippen molar-refractivity contribution in [1.29, 1.82) is 0 Å². The van der Waals surface area contributed by atoms with Gasteiger partial charge in [-0.15, -0.1) is 0 Å². The van der Waals surface area contributed by atoms with Crippen LogP contribution in [0.4, 0.5) is 0 Å². The molecule has 1 aromatic rings. The number of rotatable bonds is 8. The van der Waals surface area contributed by atoms with Crippen molar-refractivity contribution in [3.8, 4) is 5.75 Å². The van der Waals surface area contributed by atoms with Gasteiger partial charge in [-0.05, 0) is 31.4 Å². The molecule has 1 aromatic carbocycles. The topological polar surface area (TPSA) is 60.3 Å². The summed E-state index contributed by atoms with van der Waals surface area (Å²) >= 11 is 0. The fourth-order valence-electron chi connectivity index (χ4n) is 4.41. The summed E-state index contributed by atoms with van der Waals surface area (Å²) in [5, 5.41) is 0. The number of amides is 1. The van der Waals surface area contributed by atoms with Crippen LogP contribution in [0, 0.1) is 11.8 Å². The molecule has 2 heterocycles. The van der Waals surface area contributed by atoms with Gasteiger partial charge in [0.05, 0.1) is 44.3 Å². The van der Waals surface area contributed by atoms with Crippen molar-refractivity contribution in [2.24, 2.45) is 11.8 Å². The molecule has 0 unspecified atom stereocenters. The molecule has 6 heteroatoms. The smallest absolute Gasteiger partial charge is 0.309 e. The number of fused-ring (bicyclic) bond motifs is 1. The van der Waals surface area contributed by atoms with Gasteiger partial charge in [-0.1, -0.05) is 18.2 Å². The van der Waals surface area contributed by atoms with Crippen molar-refractivity contribution >= 4 is 18.0 Å². The van der Waals surface area contributed by atoms with Crippen LogP contribution < -0.4 is 9.64 Å². The first-order valence-electron chi connectivity index (χ1n) is 10.9. The first kappa shape index (κ1) is 20.0. The first-order valence-corrected chi connectivity index (χ1v) is 10.9. The maximum Gasteiger partial charge on any atom is 0.309 e. The van der Waals surface area contributed by atoms with Crippen molar-refractivity contribution in [1.82, 2.24) is 4.90 Å². The second kappa shape index (κ2) is 8.99.